The van der Waals surface area contributed by atoms with Crippen molar-refractivity contribution in [2.24, 2.45) is 0 Å². The second kappa shape index (κ2) is 7.57. The van der Waals surface area contributed by atoms with Gasteiger partial charge in [0.2, 0.25) is 5.91 Å². The number of thiophene rings is 1. The van der Waals surface area contributed by atoms with E-state index in [9.17, 15) is 9.18 Å². The van der Waals surface area contributed by atoms with Gasteiger partial charge in [0.1, 0.15) is 18.1 Å². The van der Waals surface area contributed by atoms with Crippen molar-refractivity contribution in [3.8, 4) is 10.6 Å². The van der Waals surface area contributed by atoms with Gasteiger partial charge in [-0.25, -0.2) is 4.39 Å². The molecule has 5 nitrogen and oxygen atoms in total. The minimum absolute atomic E-state index is 0.0579. The molecule has 1 aromatic carbocycles. The van der Waals surface area contributed by atoms with E-state index < -0.39 is 5.82 Å². The maximum Gasteiger partial charge on any atom is 0.250 e. The number of nitrogens with one attached hydrogen (secondary N) is 1. The number of amides is 1. The van der Waals surface area contributed by atoms with E-state index in [1.807, 2.05) is 17.5 Å². The van der Waals surface area contributed by atoms with Gasteiger partial charge in [0, 0.05) is 11.8 Å². The zero-order chi connectivity index (χ0) is 16.9. The Balaban J connectivity index is 1.47. The number of carbonyl (C=O) groups excluding carboxylic acids is 1. The molecule has 124 valence electrons. The van der Waals surface area contributed by atoms with Gasteiger partial charge in [0.25, 0.3) is 0 Å². The number of benzene rings is 1. The lowest BCUT2D eigenvalue weighted by Crippen LogP contribution is -2.18. The normalized spacial score (nSPS) is 10.8. The molecule has 1 amide bonds. The molecular weight excluding hydrogens is 355 g/mol. The Kier molecular flexibility index (Phi) is 5.24. The van der Waals surface area contributed by atoms with Crippen LogP contribution in [0.4, 0.5) is 10.1 Å². The summed E-state index contributed by atoms with van der Waals surface area (Å²) in [6, 6.07) is 9.55. The molecule has 3 rings (SSSR count). The third-order valence-electron chi connectivity index (χ3n) is 3.01. The molecule has 0 spiro atoms. The molecule has 2 aromatic heterocycles. The van der Waals surface area contributed by atoms with Crippen LogP contribution in [0.25, 0.3) is 10.6 Å². The van der Waals surface area contributed by atoms with Crippen LogP contribution in [-0.4, -0.2) is 17.7 Å². The molecule has 0 unspecified atom stereocenters. The summed E-state index contributed by atoms with van der Waals surface area (Å²) in [7, 11) is 0. The van der Waals surface area contributed by atoms with Crippen LogP contribution in [0.2, 0.25) is 5.02 Å². The maximum atomic E-state index is 13.0. The highest BCUT2D eigenvalue weighted by molar-refractivity contribution is 7.13. The van der Waals surface area contributed by atoms with Crippen LogP contribution in [0.5, 0.6) is 0 Å². The number of hydrogen-bond donors (Lipinski definition) is 1. The van der Waals surface area contributed by atoms with Crippen LogP contribution in [0, 0.1) is 5.82 Å². The van der Waals surface area contributed by atoms with Crippen LogP contribution in [0.3, 0.4) is 0 Å². The van der Waals surface area contributed by atoms with Gasteiger partial charge in [-0.15, -0.1) is 11.3 Å². The zero-order valence-corrected chi connectivity index (χ0v) is 13.9. The van der Waals surface area contributed by atoms with Crippen molar-refractivity contribution in [1.29, 1.82) is 0 Å². The van der Waals surface area contributed by atoms with E-state index in [2.05, 4.69) is 10.5 Å². The number of halogens is 2. The summed E-state index contributed by atoms with van der Waals surface area (Å²) < 4.78 is 23.6. The topological polar surface area (TPSA) is 64.4 Å². The molecule has 0 atom stereocenters. The van der Waals surface area contributed by atoms with Gasteiger partial charge in [-0.2, -0.15) is 0 Å². The fraction of sp³-hybridized carbons (Fsp3) is 0.125. The molecule has 0 bridgehead atoms. The van der Waals surface area contributed by atoms with E-state index in [1.165, 1.54) is 18.2 Å². The lowest BCUT2D eigenvalue weighted by atomic mass is 10.3. The number of hydrogen-bond acceptors (Lipinski definition) is 5. The summed E-state index contributed by atoms with van der Waals surface area (Å²) in [4.78, 5) is 12.7. The molecule has 0 aliphatic carbocycles. The van der Waals surface area contributed by atoms with E-state index in [1.54, 1.807) is 17.4 Å². The fourth-order valence-corrected chi connectivity index (χ4v) is 2.79. The summed E-state index contributed by atoms with van der Waals surface area (Å²) in [5.74, 6) is -0.257. The Hall–Kier alpha value is -2.22. The molecule has 24 heavy (non-hydrogen) atoms. The number of nitrogens with zero attached hydrogens (tertiary/aromatic N) is 1. The molecule has 2 heterocycles. The van der Waals surface area contributed by atoms with Gasteiger partial charge in [-0.1, -0.05) is 22.8 Å². The van der Waals surface area contributed by atoms with E-state index in [0.717, 1.165) is 4.88 Å². The molecule has 0 aliphatic heterocycles. The highest BCUT2D eigenvalue weighted by Crippen LogP contribution is 2.25. The van der Waals surface area contributed by atoms with Gasteiger partial charge in [0.15, 0.2) is 5.76 Å². The summed E-state index contributed by atoms with van der Waals surface area (Å²) in [6.07, 6.45) is 0. The van der Waals surface area contributed by atoms with Crippen LogP contribution in [0.1, 0.15) is 5.69 Å². The van der Waals surface area contributed by atoms with Gasteiger partial charge in [-0.05, 0) is 29.6 Å². The molecule has 0 saturated heterocycles. The molecule has 8 heteroatoms. The van der Waals surface area contributed by atoms with Gasteiger partial charge < -0.3 is 14.6 Å². The highest BCUT2D eigenvalue weighted by Gasteiger charge is 2.09. The predicted octanol–water partition coefficient (Wildman–Crippen LogP) is 4.35. The monoisotopic (exact) mass is 366 g/mol. The standard InChI is InChI=1S/C16H12ClFN2O3S/c17-12-6-10(3-4-13(12)18)19-16(21)9-22-8-11-7-14(23-20-11)15-2-1-5-24-15/h1-7H,8-9H2,(H,19,21). The molecule has 0 radical (unpaired) electrons. The minimum atomic E-state index is -0.543. The van der Waals surface area contributed by atoms with E-state index in [0.29, 0.717) is 17.1 Å². The van der Waals surface area contributed by atoms with Crippen molar-refractivity contribution >= 4 is 34.5 Å². The quantitative estimate of drug-likeness (QED) is 0.704. The number of ether oxygens (including phenoxy) is 1. The van der Waals surface area contributed by atoms with Crippen molar-refractivity contribution in [2.45, 2.75) is 6.61 Å². The Labute approximate surface area is 146 Å². The van der Waals surface area contributed by atoms with Gasteiger partial charge >= 0.3 is 0 Å². The largest absolute Gasteiger partial charge is 0.365 e. The number of carbonyl (C=O) groups is 1. The lowest BCUT2D eigenvalue weighted by molar-refractivity contribution is -0.121. The number of aromatic nitrogens is 1. The van der Waals surface area contributed by atoms with Crippen molar-refractivity contribution < 1.29 is 18.4 Å². The Morgan fingerprint density at radius 1 is 1.38 bits per heavy atom. The second-order valence-corrected chi connectivity index (χ2v) is 6.18. The molecule has 3 aromatic rings. The third kappa shape index (κ3) is 4.19. The summed E-state index contributed by atoms with van der Waals surface area (Å²) in [6.45, 7) is -0.0251. The first-order valence-corrected chi connectivity index (χ1v) is 8.20. The molecular formula is C16H12ClFN2O3S. The summed E-state index contributed by atoms with van der Waals surface area (Å²) in [5, 5.41) is 8.34. The van der Waals surface area contributed by atoms with E-state index in [-0.39, 0.29) is 24.1 Å². The lowest BCUT2D eigenvalue weighted by Gasteiger charge is -2.06. The van der Waals surface area contributed by atoms with Crippen molar-refractivity contribution in [2.75, 3.05) is 11.9 Å². The summed E-state index contributed by atoms with van der Waals surface area (Å²) >= 11 is 7.20. The van der Waals surface area contributed by atoms with Crippen molar-refractivity contribution in [3.63, 3.8) is 0 Å². The average Bonchev–Trinajstić information content (AvgIpc) is 3.22. The van der Waals surface area contributed by atoms with Gasteiger partial charge in [0.05, 0.1) is 16.5 Å². The smallest absolute Gasteiger partial charge is 0.250 e. The second-order valence-electron chi connectivity index (χ2n) is 4.83. The first-order chi connectivity index (χ1) is 11.6. The zero-order valence-electron chi connectivity index (χ0n) is 12.3. The Bertz CT molecular complexity index is 836. The van der Waals surface area contributed by atoms with Crippen LogP contribution in [0.15, 0.2) is 46.3 Å². The van der Waals surface area contributed by atoms with Crippen molar-refractivity contribution in [3.05, 3.63) is 58.3 Å². The third-order valence-corrected chi connectivity index (χ3v) is 4.18. The average molecular weight is 367 g/mol. The first-order valence-electron chi connectivity index (χ1n) is 6.94. The first kappa shape index (κ1) is 16.6. The maximum absolute atomic E-state index is 13.0. The van der Waals surface area contributed by atoms with Crippen molar-refractivity contribution in [1.82, 2.24) is 5.16 Å². The highest BCUT2D eigenvalue weighted by atomic mass is 35.5. The number of rotatable bonds is 6. The van der Waals surface area contributed by atoms with Gasteiger partial charge in [-0.3, -0.25) is 4.79 Å². The van der Waals surface area contributed by atoms with Crippen LogP contribution >= 0.6 is 22.9 Å². The van der Waals surface area contributed by atoms with Crippen LogP contribution in [-0.2, 0) is 16.1 Å². The molecule has 1 N–H and O–H groups in total. The molecule has 0 saturated carbocycles. The molecule has 0 aliphatic rings. The van der Waals surface area contributed by atoms with E-state index >= 15 is 0 Å². The predicted molar refractivity (Wildman–Crippen MR) is 89.5 cm³/mol. The number of anilines is 1. The summed E-state index contributed by atoms with van der Waals surface area (Å²) in [5.41, 5.74) is 0.993. The Morgan fingerprint density at radius 2 is 2.25 bits per heavy atom. The molecule has 0 fully saturated rings. The minimum Gasteiger partial charge on any atom is -0.365 e. The van der Waals surface area contributed by atoms with E-state index in [4.69, 9.17) is 20.9 Å². The Morgan fingerprint density at radius 3 is 3.00 bits per heavy atom. The fourth-order valence-electron chi connectivity index (χ4n) is 1.93. The van der Waals surface area contributed by atoms with Crippen LogP contribution < -0.4 is 5.32 Å². The SMILES string of the molecule is O=C(COCc1cc(-c2cccs2)on1)Nc1ccc(F)c(Cl)c1.